The summed E-state index contributed by atoms with van der Waals surface area (Å²) in [5.41, 5.74) is 13.2. The highest BCUT2D eigenvalue weighted by Gasteiger charge is 2.31. The van der Waals surface area contributed by atoms with Crippen LogP contribution in [0.25, 0.3) is 21.2 Å². The maximum atomic E-state index is 13.6. The Morgan fingerprint density at radius 1 is 1.06 bits per heavy atom. The maximum Gasteiger partial charge on any atom is 0.416 e. The molecule has 0 amide bonds. The number of nitrogen functional groups attached to an aromatic ring is 1. The summed E-state index contributed by atoms with van der Waals surface area (Å²) < 4.78 is 76.9. The van der Waals surface area contributed by atoms with E-state index in [2.05, 4.69) is 9.97 Å². The number of alkyl halides is 3. The van der Waals surface area contributed by atoms with Crippen LogP contribution in [0.2, 0.25) is 0 Å². The highest BCUT2D eigenvalue weighted by Crippen LogP contribution is 2.36. The van der Waals surface area contributed by atoms with Crippen molar-refractivity contribution in [3.63, 3.8) is 0 Å². The topological polar surface area (TPSA) is 112 Å². The van der Waals surface area contributed by atoms with E-state index in [1.54, 1.807) is 12.1 Å². The molecule has 4 N–H and O–H groups in total. The molecule has 6 nitrogen and oxygen atoms in total. The lowest BCUT2D eigenvalue weighted by Crippen LogP contribution is -2.35. The molecule has 0 unspecified atom stereocenters. The third-order valence-corrected chi connectivity index (χ3v) is 7.70. The van der Waals surface area contributed by atoms with Gasteiger partial charge in [-0.05, 0) is 34.7 Å². The Morgan fingerprint density at radius 3 is 2.39 bits per heavy atom. The highest BCUT2D eigenvalue weighted by atomic mass is 32.2. The molecule has 2 heterocycles. The fourth-order valence-corrected chi connectivity index (χ4v) is 6.02. The lowest BCUT2D eigenvalue weighted by atomic mass is 9.89. The van der Waals surface area contributed by atoms with Crippen molar-refractivity contribution in [3.05, 3.63) is 77.5 Å². The fourth-order valence-electron chi connectivity index (χ4n) is 4.07. The van der Waals surface area contributed by atoms with Gasteiger partial charge in [0.25, 0.3) is 0 Å². The van der Waals surface area contributed by atoms with Crippen molar-refractivity contribution in [1.82, 2.24) is 9.97 Å². The van der Waals surface area contributed by atoms with Gasteiger partial charge < -0.3 is 11.5 Å². The van der Waals surface area contributed by atoms with Crippen LogP contribution in [0.5, 0.6) is 0 Å². The summed E-state index contributed by atoms with van der Waals surface area (Å²) in [6.07, 6.45) is -1.93. The molecule has 4 aromatic rings. The molecule has 0 fully saturated rings. The molecule has 0 bridgehead atoms. The van der Waals surface area contributed by atoms with Crippen molar-refractivity contribution in [2.45, 2.75) is 24.6 Å². The summed E-state index contributed by atoms with van der Waals surface area (Å²) in [7, 11) is -3.52. The summed E-state index contributed by atoms with van der Waals surface area (Å²) in [6, 6.07) is 10.2. The maximum absolute atomic E-state index is 13.6. The Balaban J connectivity index is 1.68. The normalized spacial score (nSPS) is 14.2. The molecule has 0 saturated heterocycles. The number of nitrogens with two attached hydrogens (primary N) is 2. The van der Waals surface area contributed by atoms with Crippen molar-refractivity contribution >= 4 is 37.1 Å². The number of thiazole rings is 1. The van der Waals surface area contributed by atoms with Crippen LogP contribution in [0.15, 0.2) is 54.7 Å². The average Bonchev–Trinajstić information content (AvgIpc) is 3.15. The number of pyridine rings is 1. The summed E-state index contributed by atoms with van der Waals surface area (Å²) in [4.78, 5) is 8.71. The summed E-state index contributed by atoms with van der Waals surface area (Å²) in [5, 5.41) is 1.63. The number of anilines is 1. The van der Waals surface area contributed by atoms with Gasteiger partial charge in [0.2, 0.25) is 5.95 Å². The number of rotatable bonds is 7. The van der Waals surface area contributed by atoms with Crippen LogP contribution in [0.3, 0.4) is 0 Å². The van der Waals surface area contributed by atoms with Gasteiger partial charge in [-0.3, -0.25) is 0 Å². The molecule has 0 saturated carbocycles. The van der Waals surface area contributed by atoms with E-state index < -0.39 is 39.5 Å². The van der Waals surface area contributed by atoms with E-state index in [0.29, 0.717) is 21.5 Å². The minimum Gasteiger partial charge on any atom is -0.375 e. The van der Waals surface area contributed by atoms with Crippen molar-refractivity contribution in [2.24, 2.45) is 5.73 Å². The minimum atomic E-state index is -4.52. The second kappa shape index (κ2) is 9.75. The van der Waals surface area contributed by atoms with E-state index >= 15 is 0 Å². The fraction of sp³-hybridized carbons (Fsp3) is 0.250. The van der Waals surface area contributed by atoms with Crippen LogP contribution in [0.4, 0.5) is 22.7 Å². The molecule has 0 spiro atoms. The Hall–Kier alpha value is -3.09. The number of halogens is 4. The number of hydrogen-bond donors (Lipinski definition) is 2. The first-order valence-corrected chi connectivity index (χ1v) is 13.6. The van der Waals surface area contributed by atoms with E-state index in [0.717, 1.165) is 29.3 Å². The van der Waals surface area contributed by atoms with Gasteiger partial charge in [0.05, 0.1) is 21.9 Å². The van der Waals surface area contributed by atoms with E-state index in [4.69, 9.17) is 11.5 Å². The third kappa shape index (κ3) is 6.00. The molecule has 4 rings (SSSR count). The second-order valence-corrected chi connectivity index (χ2v) is 11.8. The second-order valence-electron chi connectivity index (χ2n) is 8.58. The molecule has 0 aliphatic heterocycles. The summed E-state index contributed by atoms with van der Waals surface area (Å²) >= 11 is 1.21. The molecule has 2 aromatic heterocycles. The molecule has 190 valence electrons. The van der Waals surface area contributed by atoms with Crippen LogP contribution >= 0.6 is 11.3 Å². The first kappa shape index (κ1) is 26.0. The molecule has 2 aromatic carbocycles. The number of fused-ring (bicyclic) bond motifs is 1. The first-order valence-electron chi connectivity index (χ1n) is 10.7. The number of benzene rings is 2. The lowest BCUT2D eigenvalue weighted by Gasteiger charge is -2.24. The molecule has 0 radical (unpaired) electrons. The van der Waals surface area contributed by atoms with Gasteiger partial charge in [0.1, 0.15) is 9.84 Å². The zero-order valence-corrected chi connectivity index (χ0v) is 20.6. The minimum absolute atomic E-state index is 0.118. The number of aromatic nitrogens is 2. The van der Waals surface area contributed by atoms with Gasteiger partial charge in [-0.1, -0.05) is 35.6 Å². The van der Waals surface area contributed by atoms with Crippen molar-refractivity contribution in [2.75, 3.05) is 17.7 Å². The first-order chi connectivity index (χ1) is 16.8. The summed E-state index contributed by atoms with van der Waals surface area (Å²) in [6.45, 7) is 0. The van der Waals surface area contributed by atoms with E-state index in [1.165, 1.54) is 35.7 Å². The van der Waals surface area contributed by atoms with Crippen LogP contribution in [-0.4, -0.2) is 36.4 Å². The van der Waals surface area contributed by atoms with Gasteiger partial charge in [0.15, 0.2) is 5.13 Å². The van der Waals surface area contributed by atoms with Crippen LogP contribution in [0.1, 0.15) is 22.7 Å². The Kier molecular flexibility index (Phi) is 7.04. The molecule has 2 atom stereocenters. The summed E-state index contributed by atoms with van der Waals surface area (Å²) in [5.74, 6) is -1.75. The molecule has 12 heteroatoms. The smallest absolute Gasteiger partial charge is 0.375 e. The van der Waals surface area contributed by atoms with Crippen LogP contribution in [0, 0.1) is 5.95 Å². The zero-order valence-electron chi connectivity index (χ0n) is 19.0. The molecule has 36 heavy (non-hydrogen) atoms. The Labute approximate surface area is 208 Å². The van der Waals surface area contributed by atoms with Crippen molar-refractivity contribution in [3.8, 4) is 10.4 Å². The van der Waals surface area contributed by atoms with Gasteiger partial charge in [-0.2, -0.15) is 17.6 Å². The lowest BCUT2D eigenvalue weighted by molar-refractivity contribution is -0.137. The molecular weight excluding hydrogens is 516 g/mol. The Morgan fingerprint density at radius 2 is 1.75 bits per heavy atom. The molecule has 0 aliphatic rings. The average molecular weight is 539 g/mol. The van der Waals surface area contributed by atoms with E-state index in [-0.39, 0.29) is 17.3 Å². The van der Waals surface area contributed by atoms with Gasteiger partial charge in [-0.15, -0.1) is 0 Å². The standard InChI is InChI=1S/C24H22F4N4O2S2/c1-36(33,34)12-18(13-4-6-17(7-5-13)24(26,27)28)19(29)10-20-22(35-23(30)32-20)14-2-3-15-11-31-21(25)9-16(15)8-14/h2-9,11,18-19H,10,12,29H2,1H3,(H2,30,32)/t18-,19-/m1/s1. The number of sulfone groups is 1. The van der Waals surface area contributed by atoms with E-state index in [9.17, 15) is 26.0 Å². The zero-order chi connectivity index (χ0) is 26.3. The van der Waals surface area contributed by atoms with Crippen molar-refractivity contribution < 1.29 is 26.0 Å². The number of nitrogens with zero attached hydrogens (tertiary/aromatic N) is 2. The monoisotopic (exact) mass is 538 g/mol. The van der Waals surface area contributed by atoms with Gasteiger partial charge >= 0.3 is 6.18 Å². The third-order valence-electron chi connectivity index (χ3n) is 5.76. The Bertz CT molecular complexity index is 1500. The molecule has 0 aliphatic carbocycles. The van der Waals surface area contributed by atoms with Crippen LogP contribution < -0.4 is 11.5 Å². The van der Waals surface area contributed by atoms with Crippen LogP contribution in [-0.2, 0) is 22.4 Å². The van der Waals surface area contributed by atoms with E-state index in [1.807, 2.05) is 6.07 Å². The highest BCUT2D eigenvalue weighted by molar-refractivity contribution is 7.90. The predicted octanol–water partition coefficient (Wildman–Crippen LogP) is 4.80. The van der Waals surface area contributed by atoms with Gasteiger partial charge in [0, 0.05) is 42.3 Å². The number of hydrogen-bond acceptors (Lipinski definition) is 7. The largest absolute Gasteiger partial charge is 0.416 e. The SMILES string of the molecule is CS(=O)(=O)C[C@H](c1ccc(C(F)(F)F)cc1)[C@H](N)Cc1nc(N)sc1-c1ccc2cnc(F)cc2c1. The molecular formula is C24H22F4N4O2S2. The van der Waals surface area contributed by atoms with Gasteiger partial charge in [-0.25, -0.2) is 18.4 Å². The van der Waals surface area contributed by atoms with Crippen molar-refractivity contribution in [1.29, 1.82) is 0 Å². The quantitative estimate of drug-likeness (QED) is 0.258. The predicted molar refractivity (Wildman–Crippen MR) is 133 cm³/mol.